The lowest BCUT2D eigenvalue weighted by atomic mass is 10.1. The van der Waals surface area contributed by atoms with Gasteiger partial charge in [0.1, 0.15) is 10.6 Å². The molecule has 1 amide bonds. The van der Waals surface area contributed by atoms with Crippen molar-refractivity contribution in [1.29, 1.82) is 0 Å². The maximum absolute atomic E-state index is 12.4. The van der Waals surface area contributed by atoms with Gasteiger partial charge in [-0.15, -0.1) is 11.3 Å². The van der Waals surface area contributed by atoms with E-state index >= 15 is 0 Å². The number of nitrogens with zero attached hydrogens (tertiary/aromatic N) is 1. The molecule has 1 aromatic carbocycles. The van der Waals surface area contributed by atoms with Gasteiger partial charge < -0.3 is 15.0 Å². The van der Waals surface area contributed by atoms with Gasteiger partial charge in [0.2, 0.25) is 0 Å². The number of hydrogen-bond donors (Lipinski definition) is 2. The Hall–Kier alpha value is -2.34. The Labute approximate surface area is 145 Å². The molecule has 0 radical (unpaired) electrons. The topological polar surface area (TPSA) is 67.0 Å². The number of carbonyl (C=O) groups is 1. The highest BCUT2D eigenvalue weighted by Crippen LogP contribution is 2.24. The fourth-order valence-corrected chi connectivity index (χ4v) is 3.69. The first-order valence-corrected chi connectivity index (χ1v) is 8.82. The second-order valence-corrected chi connectivity index (χ2v) is 6.80. The lowest BCUT2D eigenvalue weighted by Gasteiger charge is -2.05. The van der Waals surface area contributed by atoms with E-state index in [9.17, 15) is 4.79 Å². The average Bonchev–Trinajstić information content (AvgIpc) is 3.17. The van der Waals surface area contributed by atoms with Crippen molar-refractivity contribution < 1.29 is 9.53 Å². The summed E-state index contributed by atoms with van der Waals surface area (Å²) in [5, 5.41) is 5.07. The van der Waals surface area contributed by atoms with E-state index in [0.717, 1.165) is 45.1 Å². The van der Waals surface area contributed by atoms with E-state index in [2.05, 4.69) is 15.3 Å². The summed E-state index contributed by atoms with van der Waals surface area (Å²) >= 11 is 1.46. The van der Waals surface area contributed by atoms with E-state index in [0.29, 0.717) is 6.54 Å². The molecule has 0 saturated heterocycles. The molecule has 0 aliphatic rings. The summed E-state index contributed by atoms with van der Waals surface area (Å²) in [5.74, 6) is 0.801. The number of fused-ring (bicyclic) bond motifs is 1. The second kappa shape index (κ2) is 7.05. The number of aromatic nitrogens is 2. The van der Waals surface area contributed by atoms with Gasteiger partial charge in [-0.3, -0.25) is 4.79 Å². The van der Waals surface area contributed by atoms with Crippen molar-refractivity contribution in [3.63, 3.8) is 0 Å². The first kappa shape index (κ1) is 16.5. The highest BCUT2D eigenvalue weighted by atomic mass is 32.1. The van der Waals surface area contributed by atoms with Crippen LogP contribution in [0.25, 0.3) is 10.9 Å². The molecule has 126 valence electrons. The molecule has 0 spiro atoms. The van der Waals surface area contributed by atoms with Crippen LogP contribution in [0.4, 0.5) is 0 Å². The smallest absolute Gasteiger partial charge is 0.263 e. The molecule has 2 heterocycles. The van der Waals surface area contributed by atoms with E-state index in [1.54, 1.807) is 7.11 Å². The first-order valence-electron chi connectivity index (χ1n) is 8.01. The Morgan fingerprint density at radius 3 is 3.00 bits per heavy atom. The molecule has 0 saturated carbocycles. The zero-order valence-corrected chi connectivity index (χ0v) is 14.9. The van der Waals surface area contributed by atoms with Crippen LogP contribution in [0, 0.1) is 6.92 Å². The number of thiazole rings is 1. The second-order valence-electron chi connectivity index (χ2n) is 5.59. The molecule has 2 N–H and O–H groups in total. The maximum Gasteiger partial charge on any atom is 0.263 e. The van der Waals surface area contributed by atoms with Crippen LogP contribution in [-0.4, -0.2) is 29.5 Å². The van der Waals surface area contributed by atoms with Crippen molar-refractivity contribution >= 4 is 28.1 Å². The van der Waals surface area contributed by atoms with Gasteiger partial charge in [0, 0.05) is 23.6 Å². The van der Waals surface area contributed by atoms with Gasteiger partial charge in [-0.05, 0) is 43.5 Å². The van der Waals surface area contributed by atoms with Gasteiger partial charge in [-0.2, -0.15) is 0 Å². The van der Waals surface area contributed by atoms with Crippen LogP contribution >= 0.6 is 11.3 Å². The van der Waals surface area contributed by atoms with Gasteiger partial charge in [-0.1, -0.05) is 6.92 Å². The minimum Gasteiger partial charge on any atom is -0.497 e. The number of ether oxygens (including phenoxy) is 1. The van der Waals surface area contributed by atoms with Crippen molar-refractivity contribution in [3.05, 3.63) is 45.5 Å². The van der Waals surface area contributed by atoms with E-state index in [1.165, 1.54) is 16.9 Å². The third kappa shape index (κ3) is 3.28. The summed E-state index contributed by atoms with van der Waals surface area (Å²) in [6.45, 7) is 4.54. The molecule has 6 heteroatoms. The molecule has 2 aromatic heterocycles. The Kier molecular flexibility index (Phi) is 4.85. The number of benzene rings is 1. The zero-order chi connectivity index (χ0) is 17.1. The highest BCUT2D eigenvalue weighted by Gasteiger charge is 2.15. The SMILES string of the molecule is CCc1nc(C)sc1C(=O)NCCc1c[nH]c2ccc(OC)cc12. The summed E-state index contributed by atoms with van der Waals surface area (Å²) in [6, 6.07) is 5.96. The maximum atomic E-state index is 12.4. The van der Waals surface area contributed by atoms with Crippen LogP contribution in [-0.2, 0) is 12.8 Å². The summed E-state index contributed by atoms with van der Waals surface area (Å²) < 4.78 is 5.29. The molecule has 5 nitrogen and oxygen atoms in total. The molecule has 0 bridgehead atoms. The zero-order valence-electron chi connectivity index (χ0n) is 14.1. The summed E-state index contributed by atoms with van der Waals surface area (Å²) in [4.78, 5) is 20.8. The Morgan fingerprint density at radius 1 is 1.42 bits per heavy atom. The van der Waals surface area contributed by atoms with Crippen molar-refractivity contribution in [2.45, 2.75) is 26.7 Å². The number of nitrogens with one attached hydrogen (secondary N) is 2. The molecule has 0 fully saturated rings. The summed E-state index contributed by atoms with van der Waals surface area (Å²) in [7, 11) is 1.66. The number of carbonyl (C=O) groups excluding carboxylic acids is 1. The quantitative estimate of drug-likeness (QED) is 0.720. The molecule has 3 rings (SSSR count). The molecule has 3 aromatic rings. The predicted octanol–water partition coefficient (Wildman–Crippen LogP) is 3.48. The van der Waals surface area contributed by atoms with E-state index in [4.69, 9.17) is 4.74 Å². The third-order valence-corrected chi connectivity index (χ3v) is 5.01. The fourth-order valence-electron chi connectivity index (χ4n) is 2.77. The van der Waals surface area contributed by atoms with E-state index < -0.39 is 0 Å². The molecule has 24 heavy (non-hydrogen) atoms. The first-order chi connectivity index (χ1) is 11.6. The van der Waals surface area contributed by atoms with Gasteiger partial charge in [0.25, 0.3) is 5.91 Å². The molecule has 0 aliphatic carbocycles. The normalized spacial score (nSPS) is 11.0. The van der Waals surface area contributed by atoms with Crippen molar-refractivity contribution in [2.24, 2.45) is 0 Å². The number of aromatic amines is 1. The van der Waals surface area contributed by atoms with Crippen LogP contribution in [0.3, 0.4) is 0 Å². The van der Waals surface area contributed by atoms with Gasteiger partial charge in [-0.25, -0.2) is 4.98 Å². The van der Waals surface area contributed by atoms with E-state index in [-0.39, 0.29) is 5.91 Å². The fraction of sp³-hybridized carbons (Fsp3) is 0.333. The van der Waals surface area contributed by atoms with Gasteiger partial charge in [0.15, 0.2) is 0 Å². The number of hydrogen-bond acceptors (Lipinski definition) is 4. The molecule has 0 aliphatic heterocycles. The lowest BCUT2D eigenvalue weighted by molar-refractivity contribution is 0.0957. The van der Waals surface area contributed by atoms with Crippen LogP contribution in [0.1, 0.15) is 32.9 Å². The number of H-pyrrole nitrogens is 1. The van der Waals surface area contributed by atoms with Crippen LogP contribution < -0.4 is 10.1 Å². The van der Waals surface area contributed by atoms with Crippen LogP contribution in [0.15, 0.2) is 24.4 Å². The third-order valence-electron chi connectivity index (χ3n) is 4.00. The largest absolute Gasteiger partial charge is 0.497 e. The molecular weight excluding hydrogens is 322 g/mol. The predicted molar refractivity (Wildman–Crippen MR) is 97.1 cm³/mol. The monoisotopic (exact) mass is 343 g/mol. The molecule has 0 atom stereocenters. The van der Waals surface area contributed by atoms with Gasteiger partial charge in [0.05, 0.1) is 17.8 Å². The summed E-state index contributed by atoms with van der Waals surface area (Å²) in [6.07, 6.45) is 3.53. The minimum absolute atomic E-state index is 0.0325. The highest BCUT2D eigenvalue weighted by molar-refractivity contribution is 7.13. The standard InChI is InChI=1S/C18H21N3O2S/c1-4-15-17(24-11(2)21-15)18(22)19-8-7-12-10-20-16-6-5-13(23-3)9-14(12)16/h5-6,9-10,20H,4,7-8H2,1-3H3,(H,19,22). The number of rotatable bonds is 6. The summed E-state index contributed by atoms with van der Waals surface area (Å²) in [5.41, 5.74) is 3.12. The minimum atomic E-state index is -0.0325. The molecule has 0 unspecified atom stereocenters. The van der Waals surface area contributed by atoms with Gasteiger partial charge >= 0.3 is 0 Å². The van der Waals surface area contributed by atoms with Crippen molar-refractivity contribution in [2.75, 3.05) is 13.7 Å². The van der Waals surface area contributed by atoms with Crippen molar-refractivity contribution in [1.82, 2.24) is 15.3 Å². The Bertz CT molecular complexity index is 866. The number of aryl methyl sites for hydroxylation is 2. The van der Waals surface area contributed by atoms with Crippen LogP contribution in [0.5, 0.6) is 5.75 Å². The lowest BCUT2D eigenvalue weighted by Crippen LogP contribution is -2.25. The van der Waals surface area contributed by atoms with E-state index in [1.807, 2.05) is 38.2 Å². The molecular formula is C18H21N3O2S. The Morgan fingerprint density at radius 2 is 2.25 bits per heavy atom. The number of amides is 1. The Balaban J connectivity index is 1.67. The van der Waals surface area contributed by atoms with Crippen LogP contribution in [0.2, 0.25) is 0 Å². The van der Waals surface area contributed by atoms with Crippen molar-refractivity contribution in [3.8, 4) is 5.75 Å². The number of methoxy groups -OCH3 is 1. The average molecular weight is 343 g/mol.